The summed E-state index contributed by atoms with van der Waals surface area (Å²) in [6.45, 7) is 4.87. The number of nitrogens with one attached hydrogen (secondary N) is 1. The fraction of sp³-hybridized carbons (Fsp3) is 0.400. The van der Waals surface area contributed by atoms with Gasteiger partial charge in [-0.25, -0.2) is 0 Å². The second kappa shape index (κ2) is 6.90. The highest BCUT2D eigenvalue weighted by Crippen LogP contribution is 2.41. The van der Waals surface area contributed by atoms with Gasteiger partial charge in [0.1, 0.15) is 0 Å². The van der Waals surface area contributed by atoms with Crippen molar-refractivity contribution < 1.29 is 9.47 Å². The van der Waals surface area contributed by atoms with E-state index >= 15 is 0 Å². The van der Waals surface area contributed by atoms with Crippen molar-refractivity contribution in [1.29, 1.82) is 0 Å². The van der Waals surface area contributed by atoms with E-state index in [-0.39, 0.29) is 0 Å². The fourth-order valence-corrected chi connectivity index (χ4v) is 3.27. The van der Waals surface area contributed by atoms with Crippen LogP contribution in [0.3, 0.4) is 0 Å². The molecular formula is C15H19NO2S2. The molecule has 5 heteroatoms. The third kappa shape index (κ3) is 3.22. The third-order valence-electron chi connectivity index (χ3n) is 3.01. The maximum absolute atomic E-state index is 5.82. The molecule has 0 aliphatic rings. The van der Waals surface area contributed by atoms with Crippen LogP contribution in [0.4, 0.5) is 0 Å². The summed E-state index contributed by atoms with van der Waals surface area (Å²) in [5.41, 5.74) is 2.08. The highest BCUT2D eigenvalue weighted by Gasteiger charge is 2.15. The van der Waals surface area contributed by atoms with E-state index in [1.54, 1.807) is 18.4 Å². The Hall–Kier alpha value is -1.33. The van der Waals surface area contributed by atoms with Crippen LogP contribution in [0, 0.1) is 10.9 Å². The van der Waals surface area contributed by atoms with Gasteiger partial charge in [0.15, 0.2) is 15.5 Å². The smallest absolute Gasteiger partial charge is 0.169 e. The quantitative estimate of drug-likeness (QED) is 0.604. The minimum Gasteiger partial charge on any atom is -0.492 e. The lowest BCUT2D eigenvalue weighted by Crippen LogP contribution is -1.99. The molecular weight excluding hydrogens is 290 g/mol. The summed E-state index contributed by atoms with van der Waals surface area (Å²) in [5.74, 6) is 1.56. The summed E-state index contributed by atoms with van der Waals surface area (Å²) < 4.78 is 12.2. The van der Waals surface area contributed by atoms with Crippen molar-refractivity contribution in [3.05, 3.63) is 27.8 Å². The number of para-hydroxylation sites is 1. The zero-order valence-corrected chi connectivity index (χ0v) is 13.6. The minimum atomic E-state index is 0.706. The molecule has 0 aliphatic heterocycles. The Labute approximate surface area is 128 Å². The van der Waals surface area contributed by atoms with Crippen LogP contribution in [-0.2, 0) is 0 Å². The number of aryl methyl sites for hydroxylation is 1. The first-order valence-corrected chi connectivity index (χ1v) is 7.89. The van der Waals surface area contributed by atoms with Crippen LogP contribution < -0.4 is 9.47 Å². The van der Waals surface area contributed by atoms with Crippen molar-refractivity contribution >= 4 is 23.6 Å². The first kappa shape index (κ1) is 15.1. The topological polar surface area (TPSA) is 34.2 Å². The second-order valence-corrected chi connectivity index (χ2v) is 6.19. The monoisotopic (exact) mass is 309 g/mol. The lowest BCUT2D eigenvalue weighted by molar-refractivity contribution is 0.289. The van der Waals surface area contributed by atoms with Gasteiger partial charge in [-0.15, -0.1) is 11.3 Å². The molecule has 0 atom stereocenters. The van der Waals surface area contributed by atoms with Crippen LogP contribution in [0.1, 0.15) is 25.5 Å². The van der Waals surface area contributed by atoms with E-state index in [1.807, 2.05) is 25.1 Å². The van der Waals surface area contributed by atoms with Crippen LogP contribution in [0.25, 0.3) is 10.4 Å². The number of methoxy groups -OCH3 is 1. The van der Waals surface area contributed by atoms with Crippen LogP contribution >= 0.6 is 23.6 Å². The number of thiazole rings is 1. The van der Waals surface area contributed by atoms with Gasteiger partial charge in [0.2, 0.25) is 0 Å². The zero-order valence-electron chi connectivity index (χ0n) is 12.0. The lowest BCUT2D eigenvalue weighted by Gasteiger charge is -2.13. The Balaban J connectivity index is 2.41. The SMILES string of the molecule is CCCCOc1cccc(-c2sc(=S)[nH]c2C)c1OC. The van der Waals surface area contributed by atoms with Gasteiger partial charge in [-0.2, -0.15) is 0 Å². The summed E-state index contributed by atoms with van der Waals surface area (Å²) in [4.78, 5) is 4.27. The molecule has 1 aromatic heterocycles. The van der Waals surface area contributed by atoms with Gasteiger partial charge in [-0.05, 0) is 37.7 Å². The molecule has 0 saturated heterocycles. The summed E-state index contributed by atoms with van der Waals surface area (Å²) in [6, 6.07) is 5.97. The number of rotatable bonds is 6. The molecule has 0 radical (unpaired) electrons. The van der Waals surface area contributed by atoms with Crippen molar-refractivity contribution in [2.24, 2.45) is 0 Å². The largest absolute Gasteiger partial charge is 0.492 e. The zero-order chi connectivity index (χ0) is 14.5. The van der Waals surface area contributed by atoms with Gasteiger partial charge >= 0.3 is 0 Å². The van der Waals surface area contributed by atoms with Crippen LogP contribution in [0.2, 0.25) is 0 Å². The van der Waals surface area contributed by atoms with Gasteiger partial charge in [0.05, 0.1) is 18.6 Å². The summed E-state index contributed by atoms with van der Waals surface area (Å²) >= 11 is 6.77. The van der Waals surface area contributed by atoms with E-state index in [1.165, 1.54) is 0 Å². The Morgan fingerprint density at radius 3 is 2.75 bits per heavy atom. The minimum absolute atomic E-state index is 0.706. The number of hydrogen-bond donors (Lipinski definition) is 1. The highest BCUT2D eigenvalue weighted by atomic mass is 32.1. The van der Waals surface area contributed by atoms with Crippen molar-refractivity contribution in [3.8, 4) is 21.9 Å². The number of hydrogen-bond acceptors (Lipinski definition) is 4. The average molecular weight is 309 g/mol. The lowest BCUT2D eigenvalue weighted by atomic mass is 10.1. The molecule has 1 N–H and O–H groups in total. The first-order chi connectivity index (χ1) is 9.67. The van der Waals surface area contributed by atoms with E-state index in [9.17, 15) is 0 Å². The highest BCUT2D eigenvalue weighted by molar-refractivity contribution is 7.73. The van der Waals surface area contributed by atoms with Gasteiger partial charge in [0.25, 0.3) is 0 Å². The Bertz CT molecular complexity index is 631. The fourth-order valence-electron chi connectivity index (χ4n) is 2.01. The molecule has 0 unspecified atom stereocenters. The van der Waals surface area contributed by atoms with Crippen LogP contribution in [0.15, 0.2) is 18.2 Å². The Morgan fingerprint density at radius 1 is 1.35 bits per heavy atom. The molecule has 1 heterocycles. The van der Waals surface area contributed by atoms with E-state index in [4.69, 9.17) is 21.7 Å². The van der Waals surface area contributed by atoms with Gasteiger partial charge < -0.3 is 14.5 Å². The van der Waals surface area contributed by atoms with E-state index in [0.29, 0.717) is 6.61 Å². The molecule has 0 aliphatic carbocycles. The maximum Gasteiger partial charge on any atom is 0.169 e. The number of H-pyrrole nitrogens is 1. The number of benzene rings is 1. The molecule has 0 spiro atoms. The van der Waals surface area contributed by atoms with Crippen LogP contribution in [0.5, 0.6) is 11.5 Å². The molecule has 20 heavy (non-hydrogen) atoms. The summed E-state index contributed by atoms with van der Waals surface area (Å²) in [5, 5.41) is 0. The molecule has 2 aromatic rings. The second-order valence-electron chi connectivity index (χ2n) is 4.51. The first-order valence-electron chi connectivity index (χ1n) is 6.67. The Kier molecular flexibility index (Phi) is 5.20. The van der Waals surface area contributed by atoms with Gasteiger partial charge in [-0.1, -0.05) is 19.4 Å². The Morgan fingerprint density at radius 2 is 2.15 bits per heavy atom. The summed E-state index contributed by atoms with van der Waals surface area (Å²) in [6.07, 6.45) is 2.15. The van der Waals surface area contributed by atoms with Crippen molar-refractivity contribution in [3.63, 3.8) is 0 Å². The van der Waals surface area contributed by atoms with E-state index < -0.39 is 0 Å². The number of unbranched alkanes of at least 4 members (excludes halogenated alkanes) is 1. The number of ether oxygens (including phenoxy) is 2. The molecule has 1 aromatic carbocycles. The van der Waals surface area contributed by atoms with Crippen LogP contribution in [-0.4, -0.2) is 18.7 Å². The van der Waals surface area contributed by atoms with Crippen molar-refractivity contribution in [2.75, 3.05) is 13.7 Å². The van der Waals surface area contributed by atoms with E-state index in [2.05, 4.69) is 11.9 Å². The van der Waals surface area contributed by atoms with Crippen molar-refractivity contribution in [2.45, 2.75) is 26.7 Å². The predicted octanol–water partition coefficient (Wildman–Crippen LogP) is 4.97. The van der Waals surface area contributed by atoms with Gasteiger partial charge in [-0.3, -0.25) is 0 Å². The summed E-state index contributed by atoms with van der Waals surface area (Å²) in [7, 11) is 1.67. The molecule has 2 rings (SSSR count). The third-order valence-corrected chi connectivity index (χ3v) is 4.38. The maximum atomic E-state index is 5.82. The molecule has 108 valence electrons. The molecule has 0 bridgehead atoms. The molecule has 0 fully saturated rings. The number of aromatic nitrogens is 1. The standard InChI is InChI=1S/C15H19NO2S2/c1-4-5-9-18-12-8-6-7-11(13(12)17-3)14-10(2)16-15(19)20-14/h6-8H,4-5,9H2,1-3H3,(H,16,19). The van der Waals surface area contributed by atoms with Gasteiger partial charge in [0, 0.05) is 11.3 Å². The van der Waals surface area contributed by atoms with Crippen molar-refractivity contribution in [1.82, 2.24) is 4.98 Å². The normalized spacial score (nSPS) is 10.6. The van der Waals surface area contributed by atoms with E-state index in [0.717, 1.165) is 44.4 Å². The average Bonchev–Trinajstić information content (AvgIpc) is 2.77. The molecule has 3 nitrogen and oxygen atoms in total. The molecule has 0 saturated carbocycles. The number of aromatic amines is 1. The molecule has 0 amide bonds. The predicted molar refractivity (Wildman–Crippen MR) is 86.6 cm³/mol.